The van der Waals surface area contributed by atoms with E-state index in [0.717, 1.165) is 27.5 Å². The molecule has 1 aliphatic heterocycles. The van der Waals surface area contributed by atoms with E-state index in [4.69, 9.17) is 16.3 Å². The van der Waals surface area contributed by atoms with Crippen molar-refractivity contribution < 1.29 is 9.53 Å². The maximum Gasteiger partial charge on any atom is 0.246 e. The molecule has 0 radical (unpaired) electrons. The zero-order valence-electron chi connectivity index (χ0n) is 17.7. The number of hydrogen-bond donors (Lipinski definition) is 0. The number of methoxy groups -OCH3 is 1. The molecule has 1 amide bonds. The third-order valence-corrected chi connectivity index (χ3v) is 7.12. The van der Waals surface area contributed by atoms with Crippen LogP contribution in [0.1, 0.15) is 19.4 Å². The van der Waals surface area contributed by atoms with Crippen LogP contribution >= 0.6 is 23.4 Å². The molecule has 158 valence electrons. The first-order valence-corrected chi connectivity index (χ1v) is 11.3. The van der Waals surface area contributed by atoms with Crippen LogP contribution in [-0.4, -0.2) is 23.8 Å². The molecule has 0 aliphatic carbocycles. The standard InChI is InChI=1S/C26H24ClNO2S/c1-18(17-19-7-5-4-6-8-19)24-26(2,31-23-15-9-20(27)10-16-23)25(29)28(24)21-11-13-22(30-3)14-12-21/h4-17,24H,1-3H3/b18-17+/t24-,26+/m1/s1. The fourth-order valence-corrected chi connectivity index (χ4v) is 5.52. The Hall–Kier alpha value is -2.69. The number of carbonyl (C=O) groups excluding carboxylic acids is 1. The summed E-state index contributed by atoms with van der Waals surface area (Å²) in [5, 5.41) is 0.686. The van der Waals surface area contributed by atoms with Crippen LogP contribution in [-0.2, 0) is 4.79 Å². The summed E-state index contributed by atoms with van der Waals surface area (Å²) in [5.41, 5.74) is 3.12. The van der Waals surface area contributed by atoms with Crippen molar-refractivity contribution in [2.24, 2.45) is 0 Å². The summed E-state index contributed by atoms with van der Waals surface area (Å²) >= 11 is 7.64. The molecule has 0 aromatic heterocycles. The van der Waals surface area contributed by atoms with Gasteiger partial charge in [0.15, 0.2) is 0 Å². The molecule has 3 nitrogen and oxygen atoms in total. The van der Waals surface area contributed by atoms with Crippen LogP contribution in [0.2, 0.25) is 5.02 Å². The monoisotopic (exact) mass is 449 g/mol. The number of hydrogen-bond acceptors (Lipinski definition) is 3. The number of halogens is 1. The Kier molecular flexibility index (Phi) is 6.12. The summed E-state index contributed by atoms with van der Waals surface area (Å²) in [4.78, 5) is 16.4. The lowest BCUT2D eigenvalue weighted by atomic mass is 9.81. The fourth-order valence-electron chi connectivity index (χ4n) is 4.04. The van der Waals surface area contributed by atoms with Crippen LogP contribution in [0.4, 0.5) is 5.69 Å². The lowest BCUT2D eigenvalue weighted by molar-refractivity contribution is -0.126. The Morgan fingerprint density at radius 1 is 1.03 bits per heavy atom. The molecular weight excluding hydrogens is 426 g/mol. The minimum absolute atomic E-state index is 0.0865. The smallest absolute Gasteiger partial charge is 0.246 e. The average Bonchev–Trinajstić information content (AvgIpc) is 2.79. The van der Waals surface area contributed by atoms with E-state index in [1.54, 1.807) is 18.9 Å². The number of rotatable bonds is 6. The molecule has 1 fully saturated rings. The quantitative estimate of drug-likeness (QED) is 0.391. The highest BCUT2D eigenvalue weighted by Crippen LogP contribution is 2.50. The molecule has 0 unspecified atom stereocenters. The second-order valence-electron chi connectivity index (χ2n) is 7.74. The molecule has 5 heteroatoms. The van der Waals surface area contributed by atoms with E-state index in [9.17, 15) is 4.79 Å². The van der Waals surface area contributed by atoms with Gasteiger partial charge in [-0.1, -0.05) is 48.0 Å². The molecule has 0 N–H and O–H groups in total. The predicted octanol–water partition coefficient (Wildman–Crippen LogP) is 6.72. The Morgan fingerprint density at radius 3 is 2.29 bits per heavy atom. The number of amides is 1. The second kappa shape index (κ2) is 8.81. The van der Waals surface area contributed by atoms with Gasteiger partial charge in [-0.2, -0.15) is 0 Å². The molecule has 0 spiro atoms. The van der Waals surface area contributed by atoms with E-state index in [2.05, 4.69) is 25.1 Å². The summed E-state index contributed by atoms with van der Waals surface area (Å²) in [6.45, 7) is 4.13. The van der Waals surface area contributed by atoms with Crippen LogP contribution in [0.5, 0.6) is 5.75 Å². The second-order valence-corrected chi connectivity index (χ2v) is 9.70. The molecule has 4 rings (SSSR count). The minimum atomic E-state index is -0.622. The van der Waals surface area contributed by atoms with Gasteiger partial charge in [-0.3, -0.25) is 4.79 Å². The minimum Gasteiger partial charge on any atom is -0.497 e. The van der Waals surface area contributed by atoms with Crippen molar-refractivity contribution in [1.82, 2.24) is 0 Å². The van der Waals surface area contributed by atoms with Crippen molar-refractivity contribution in [2.75, 3.05) is 12.0 Å². The van der Waals surface area contributed by atoms with E-state index in [0.29, 0.717) is 5.02 Å². The third-order valence-electron chi connectivity index (χ3n) is 5.54. The number of benzene rings is 3. The SMILES string of the molecule is COc1ccc(N2C(=O)[C@@](C)(Sc3ccc(Cl)cc3)[C@H]2/C(C)=C/c2ccccc2)cc1. The van der Waals surface area contributed by atoms with Crippen LogP contribution in [0.3, 0.4) is 0 Å². The van der Waals surface area contributed by atoms with Crippen molar-refractivity contribution in [1.29, 1.82) is 0 Å². The van der Waals surface area contributed by atoms with Crippen molar-refractivity contribution in [3.63, 3.8) is 0 Å². The molecule has 0 saturated carbocycles. The maximum absolute atomic E-state index is 13.5. The van der Waals surface area contributed by atoms with Gasteiger partial charge < -0.3 is 9.64 Å². The number of thioether (sulfide) groups is 1. The van der Waals surface area contributed by atoms with Gasteiger partial charge in [0.25, 0.3) is 0 Å². The topological polar surface area (TPSA) is 29.5 Å². The maximum atomic E-state index is 13.5. The normalized spacial score (nSPS) is 21.0. The van der Waals surface area contributed by atoms with Crippen molar-refractivity contribution in [3.05, 3.63) is 95.0 Å². The van der Waals surface area contributed by atoms with Crippen molar-refractivity contribution in [3.8, 4) is 5.75 Å². The highest BCUT2D eigenvalue weighted by molar-refractivity contribution is 8.01. The van der Waals surface area contributed by atoms with Gasteiger partial charge in [-0.15, -0.1) is 11.8 Å². The summed E-state index contributed by atoms with van der Waals surface area (Å²) in [7, 11) is 1.64. The molecule has 0 bridgehead atoms. The molecule has 3 aromatic carbocycles. The number of nitrogens with zero attached hydrogens (tertiary/aromatic N) is 1. The van der Waals surface area contributed by atoms with Crippen LogP contribution in [0, 0.1) is 0 Å². The first kappa shape index (κ1) is 21.5. The van der Waals surface area contributed by atoms with Gasteiger partial charge in [0.05, 0.1) is 13.2 Å². The zero-order chi connectivity index (χ0) is 22.0. The molecule has 1 saturated heterocycles. The van der Waals surface area contributed by atoms with Gasteiger partial charge in [-0.25, -0.2) is 0 Å². The lowest BCUT2D eigenvalue weighted by Crippen LogP contribution is -2.71. The summed E-state index contributed by atoms with van der Waals surface area (Å²) in [6.07, 6.45) is 2.16. The van der Waals surface area contributed by atoms with Gasteiger partial charge in [-0.05, 0) is 73.5 Å². The van der Waals surface area contributed by atoms with E-state index >= 15 is 0 Å². The lowest BCUT2D eigenvalue weighted by Gasteiger charge is -2.54. The molecule has 3 aromatic rings. The van der Waals surface area contributed by atoms with Crippen LogP contribution in [0.15, 0.2) is 89.3 Å². The van der Waals surface area contributed by atoms with Gasteiger partial charge in [0, 0.05) is 15.6 Å². The molecule has 31 heavy (non-hydrogen) atoms. The highest BCUT2D eigenvalue weighted by Gasteiger charge is 2.59. The van der Waals surface area contributed by atoms with Crippen molar-refractivity contribution in [2.45, 2.75) is 29.5 Å². The largest absolute Gasteiger partial charge is 0.497 e. The van der Waals surface area contributed by atoms with Crippen LogP contribution in [0.25, 0.3) is 6.08 Å². The van der Waals surface area contributed by atoms with Crippen LogP contribution < -0.4 is 9.64 Å². The summed E-state index contributed by atoms with van der Waals surface area (Å²) in [6, 6.07) is 25.4. The Balaban J connectivity index is 1.72. The number of β-lactam (4-membered cyclic amide) rings is 1. The first-order chi connectivity index (χ1) is 14.9. The number of carbonyl (C=O) groups is 1. The van der Waals surface area contributed by atoms with Gasteiger partial charge in [0.2, 0.25) is 5.91 Å². The highest BCUT2D eigenvalue weighted by atomic mass is 35.5. The molecule has 2 atom stereocenters. The Labute approximate surface area is 192 Å². The first-order valence-electron chi connectivity index (χ1n) is 10.1. The third kappa shape index (κ3) is 4.23. The molecular formula is C26H24ClNO2S. The predicted molar refractivity (Wildman–Crippen MR) is 130 cm³/mol. The molecule has 1 heterocycles. The van der Waals surface area contributed by atoms with E-state index in [-0.39, 0.29) is 11.9 Å². The van der Waals surface area contributed by atoms with E-state index in [1.807, 2.05) is 78.6 Å². The number of anilines is 1. The van der Waals surface area contributed by atoms with Gasteiger partial charge >= 0.3 is 0 Å². The summed E-state index contributed by atoms with van der Waals surface area (Å²) in [5.74, 6) is 0.853. The Bertz CT molecular complexity index is 1100. The zero-order valence-corrected chi connectivity index (χ0v) is 19.3. The fraction of sp³-hybridized carbons (Fsp3) is 0.192. The van der Waals surface area contributed by atoms with Crippen molar-refractivity contribution >= 4 is 41.0 Å². The average molecular weight is 450 g/mol. The van der Waals surface area contributed by atoms with E-state index < -0.39 is 4.75 Å². The van der Waals surface area contributed by atoms with Gasteiger partial charge in [0.1, 0.15) is 10.5 Å². The Morgan fingerprint density at radius 2 is 1.68 bits per heavy atom. The number of ether oxygens (including phenoxy) is 1. The molecule has 1 aliphatic rings. The van der Waals surface area contributed by atoms with E-state index in [1.165, 1.54) is 0 Å². The summed E-state index contributed by atoms with van der Waals surface area (Å²) < 4.78 is 4.66.